The minimum atomic E-state index is -0.114. The van der Waals surface area contributed by atoms with Crippen LogP contribution in [-0.4, -0.2) is 47.9 Å². The van der Waals surface area contributed by atoms with Crippen molar-refractivity contribution in [3.63, 3.8) is 0 Å². The van der Waals surface area contributed by atoms with Gasteiger partial charge in [0.1, 0.15) is 0 Å². The highest BCUT2D eigenvalue weighted by Crippen LogP contribution is 2.21. The van der Waals surface area contributed by atoms with E-state index in [9.17, 15) is 9.59 Å². The van der Waals surface area contributed by atoms with Gasteiger partial charge in [-0.3, -0.25) is 4.79 Å². The van der Waals surface area contributed by atoms with E-state index in [0.29, 0.717) is 6.54 Å². The molecule has 5 heteroatoms. The van der Waals surface area contributed by atoms with Crippen molar-refractivity contribution in [3.8, 4) is 0 Å². The SMILES string of the molecule is Cc1ccc(NC(=O)C2CCCN(C(=O)N3CCCC3)C2)cc1. The molecular weight excluding hydrogens is 290 g/mol. The van der Waals surface area contributed by atoms with Crippen LogP contribution in [0.25, 0.3) is 0 Å². The molecule has 5 nitrogen and oxygen atoms in total. The first kappa shape index (κ1) is 15.8. The molecule has 2 aliphatic rings. The standard InChI is InChI=1S/C18H25N3O2/c1-14-6-8-16(9-7-14)19-17(22)15-5-4-12-21(13-15)18(23)20-10-2-3-11-20/h6-9,15H,2-5,10-13H2,1H3,(H,19,22). The van der Waals surface area contributed by atoms with Crippen LogP contribution in [0, 0.1) is 12.8 Å². The van der Waals surface area contributed by atoms with Crippen molar-refractivity contribution in [2.45, 2.75) is 32.6 Å². The summed E-state index contributed by atoms with van der Waals surface area (Å²) in [5.41, 5.74) is 1.99. The topological polar surface area (TPSA) is 52.7 Å². The third-order valence-electron chi connectivity index (χ3n) is 4.76. The average Bonchev–Trinajstić information content (AvgIpc) is 3.11. The van der Waals surface area contributed by atoms with Crippen LogP contribution in [0.1, 0.15) is 31.2 Å². The Kier molecular flexibility index (Phi) is 4.84. The Hall–Kier alpha value is -2.04. The molecular formula is C18H25N3O2. The third-order valence-corrected chi connectivity index (χ3v) is 4.76. The Morgan fingerprint density at radius 2 is 1.65 bits per heavy atom. The fourth-order valence-corrected chi connectivity index (χ4v) is 3.35. The molecule has 0 bridgehead atoms. The molecule has 0 aliphatic carbocycles. The largest absolute Gasteiger partial charge is 0.326 e. The molecule has 3 rings (SSSR count). The van der Waals surface area contributed by atoms with E-state index in [0.717, 1.165) is 51.0 Å². The molecule has 1 aromatic carbocycles. The van der Waals surface area contributed by atoms with Crippen molar-refractivity contribution in [3.05, 3.63) is 29.8 Å². The summed E-state index contributed by atoms with van der Waals surface area (Å²) in [5.74, 6) is -0.0932. The van der Waals surface area contributed by atoms with E-state index in [1.54, 1.807) is 0 Å². The van der Waals surface area contributed by atoms with Crippen molar-refractivity contribution < 1.29 is 9.59 Å². The lowest BCUT2D eigenvalue weighted by molar-refractivity contribution is -0.121. The Balaban J connectivity index is 1.57. The number of nitrogens with zero attached hydrogens (tertiary/aromatic N) is 2. The molecule has 1 unspecified atom stereocenters. The molecule has 0 saturated carbocycles. The van der Waals surface area contributed by atoms with Crippen molar-refractivity contribution in [1.82, 2.24) is 9.80 Å². The molecule has 3 amide bonds. The lowest BCUT2D eigenvalue weighted by Gasteiger charge is -2.34. The number of urea groups is 1. The number of carbonyl (C=O) groups excluding carboxylic acids is 2. The van der Waals surface area contributed by atoms with Crippen molar-refractivity contribution >= 4 is 17.6 Å². The first-order valence-corrected chi connectivity index (χ1v) is 8.55. The van der Waals surface area contributed by atoms with Crippen LogP contribution in [0.2, 0.25) is 0 Å². The molecule has 23 heavy (non-hydrogen) atoms. The van der Waals surface area contributed by atoms with Crippen molar-refractivity contribution in [1.29, 1.82) is 0 Å². The Morgan fingerprint density at radius 3 is 2.35 bits per heavy atom. The number of nitrogens with one attached hydrogen (secondary N) is 1. The Bertz CT molecular complexity index is 564. The van der Waals surface area contributed by atoms with Gasteiger partial charge in [0, 0.05) is 31.9 Å². The molecule has 2 saturated heterocycles. The van der Waals surface area contributed by atoms with E-state index < -0.39 is 0 Å². The number of anilines is 1. The highest BCUT2D eigenvalue weighted by molar-refractivity contribution is 5.93. The average molecular weight is 315 g/mol. The highest BCUT2D eigenvalue weighted by atomic mass is 16.2. The van der Waals surface area contributed by atoms with Gasteiger partial charge in [0.05, 0.1) is 5.92 Å². The number of hydrogen-bond donors (Lipinski definition) is 1. The van der Waals surface area contributed by atoms with Gasteiger partial charge in [0.15, 0.2) is 0 Å². The Labute approximate surface area is 137 Å². The van der Waals surface area contributed by atoms with E-state index in [1.165, 1.54) is 5.56 Å². The molecule has 0 spiro atoms. The summed E-state index contributed by atoms with van der Waals surface area (Å²) in [6.45, 7) is 5.04. The lowest BCUT2D eigenvalue weighted by Crippen LogP contribution is -2.48. The highest BCUT2D eigenvalue weighted by Gasteiger charge is 2.31. The second kappa shape index (κ2) is 7.02. The number of rotatable bonds is 2. The number of aryl methyl sites for hydroxylation is 1. The van der Waals surface area contributed by atoms with E-state index in [1.807, 2.05) is 41.0 Å². The monoisotopic (exact) mass is 315 g/mol. The normalized spacial score (nSPS) is 21.3. The molecule has 2 fully saturated rings. The lowest BCUT2D eigenvalue weighted by atomic mass is 9.97. The smallest absolute Gasteiger partial charge is 0.320 e. The maximum absolute atomic E-state index is 12.5. The quantitative estimate of drug-likeness (QED) is 0.912. The summed E-state index contributed by atoms with van der Waals surface area (Å²) in [7, 11) is 0. The number of hydrogen-bond acceptors (Lipinski definition) is 2. The van der Waals surface area contributed by atoms with Crippen LogP contribution in [0.15, 0.2) is 24.3 Å². The van der Waals surface area contributed by atoms with E-state index >= 15 is 0 Å². The molecule has 2 aliphatic heterocycles. The second-order valence-corrected chi connectivity index (χ2v) is 6.62. The maximum Gasteiger partial charge on any atom is 0.320 e. The predicted molar refractivity (Wildman–Crippen MR) is 90.3 cm³/mol. The molecule has 0 aromatic heterocycles. The van der Waals surface area contributed by atoms with Gasteiger partial charge in [0.2, 0.25) is 5.91 Å². The first-order valence-electron chi connectivity index (χ1n) is 8.55. The number of piperidine rings is 1. The molecule has 1 aromatic rings. The molecule has 2 heterocycles. The van der Waals surface area contributed by atoms with Gasteiger partial charge in [0.25, 0.3) is 0 Å². The summed E-state index contributed by atoms with van der Waals surface area (Å²) in [6, 6.07) is 7.92. The van der Waals surface area contributed by atoms with Crippen LogP contribution in [-0.2, 0) is 4.79 Å². The number of amides is 3. The zero-order chi connectivity index (χ0) is 16.2. The van der Waals surface area contributed by atoms with Gasteiger partial charge in [-0.05, 0) is 44.7 Å². The van der Waals surface area contributed by atoms with Crippen molar-refractivity contribution in [2.24, 2.45) is 5.92 Å². The number of carbonyl (C=O) groups is 2. The van der Waals surface area contributed by atoms with Gasteiger partial charge in [-0.15, -0.1) is 0 Å². The van der Waals surface area contributed by atoms with Crippen LogP contribution in [0.5, 0.6) is 0 Å². The maximum atomic E-state index is 12.5. The van der Waals surface area contributed by atoms with Gasteiger partial charge in [-0.1, -0.05) is 17.7 Å². The fourth-order valence-electron chi connectivity index (χ4n) is 3.35. The van der Waals surface area contributed by atoms with Gasteiger partial charge in [-0.25, -0.2) is 4.79 Å². The van der Waals surface area contributed by atoms with Gasteiger partial charge >= 0.3 is 6.03 Å². The molecule has 1 atom stereocenters. The molecule has 1 N–H and O–H groups in total. The van der Waals surface area contributed by atoms with Crippen molar-refractivity contribution in [2.75, 3.05) is 31.5 Å². The van der Waals surface area contributed by atoms with Crippen LogP contribution in [0.3, 0.4) is 0 Å². The van der Waals surface area contributed by atoms with Crippen LogP contribution >= 0.6 is 0 Å². The number of likely N-dealkylation sites (tertiary alicyclic amines) is 2. The zero-order valence-electron chi connectivity index (χ0n) is 13.8. The second-order valence-electron chi connectivity index (χ2n) is 6.62. The minimum absolute atomic E-state index is 0.0211. The van der Waals surface area contributed by atoms with E-state index in [-0.39, 0.29) is 17.9 Å². The molecule has 0 radical (unpaired) electrons. The van der Waals surface area contributed by atoms with Crippen LogP contribution in [0.4, 0.5) is 10.5 Å². The van der Waals surface area contributed by atoms with Gasteiger partial charge < -0.3 is 15.1 Å². The summed E-state index contributed by atoms with van der Waals surface area (Å²) in [4.78, 5) is 28.7. The summed E-state index contributed by atoms with van der Waals surface area (Å²) < 4.78 is 0. The third kappa shape index (κ3) is 3.84. The summed E-state index contributed by atoms with van der Waals surface area (Å²) in [6.07, 6.45) is 3.93. The van der Waals surface area contributed by atoms with E-state index in [2.05, 4.69) is 5.32 Å². The Morgan fingerprint density at radius 1 is 1.00 bits per heavy atom. The minimum Gasteiger partial charge on any atom is -0.326 e. The fraction of sp³-hybridized carbons (Fsp3) is 0.556. The first-order chi connectivity index (χ1) is 11.1. The van der Waals surface area contributed by atoms with Crippen LogP contribution < -0.4 is 5.32 Å². The summed E-state index contributed by atoms with van der Waals surface area (Å²) >= 11 is 0. The summed E-state index contributed by atoms with van der Waals surface area (Å²) in [5, 5.41) is 2.98. The van der Waals surface area contributed by atoms with E-state index in [4.69, 9.17) is 0 Å². The molecule has 124 valence electrons. The zero-order valence-corrected chi connectivity index (χ0v) is 13.8. The number of benzene rings is 1. The predicted octanol–water partition coefficient (Wildman–Crippen LogP) is 2.86. The van der Waals surface area contributed by atoms with Gasteiger partial charge in [-0.2, -0.15) is 0 Å².